The number of nitrogens with one attached hydrogen (secondary N) is 1. The molecule has 1 aliphatic rings. The molecule has 2 heterocycles. The van der Waals surface area contributed by atoms with Gasteiger partial charge in [-0.15, -0.1) is 0 Å². The van der Waals surface area contributed by atoms with Gasteiger partial charge in [0.15, 0.2) is 6.10 Å². The summed E-state index contributed by atoms with van der Waals surface area (Å²) in [7, 11) is 1.65. The minimum Gasteiger partial charge on any atom is -0.497 e. The van der Waals surface area contributed by atoms with Gasteiger partial charge >= 0.3 is 5.97 Å². The lowest BCUT2D eigenvalue weighted by atomic mass is 9.87. The highest BCUT2D eigenvalue weighted by Crippen LogP contribution is 2.45. The van der Waals surface area contributed by atoms with Gasteiger partial charge in [-0.2, -0.15) is 0 Å². The summed E-state index contributed by atoms with van der Waals surface area (Å²) < 4.78 is 28.9. The zero-order valence-corrected chi connectivity index (χ0v) is 20.2. The first-order chi connectivity index (χ1) is 16.3. The van der Waals surface area contributed by atoms with Crippen LogP contribution in [-0.4, -0.2) is 30.9 Å². The molecule has 0 saturated carbocycles. The molecule has 180 valence electrons. The summed E-state index contributed by atoms with van der Waals surface area (Å²) in [5.41, 5.74) is 2.04. The summed E-state index contributed by atoms with van der Waals surface area (Å²) in [6, 6.07) is 17.0. The highest BCUT2D eigenvalue weighted by molar-refractivity contribution is 5.86. The van der Waals surface area contributed by atoms with Crippen molar-refractivity contribution in [1.82, 2.24) is 0 Å². The number of rotatable bonds is 8. The molecule has 0 aliphatic carbocycles. The molecule has 1 aromatic heterocycles. The second kappa shape index (κ2) is 9.81. The lowest BCUT2D eigenvalue weighted by Crippen LogP contribution is -2.52. The third-order valence-corrected chi connectivity index (χ3v) is 5.68. The van der Waals surface area contributed by atoms with Crippen LogP contribution in [0.5, 0.6) is 11.5 Å². The van der Waals surface area contributed by atoms with Crippen molar-refractivity contribution in [1.29, 1.82) is 0 Å². The Morgan fingerprint density at radius 1 is 1.12 bits per heavy atom. The van der Waals surface area contributed by atoms with E-state index in [2.05, 4.69) is 5.32 Å². The zero-order chi connectivity index (χ0) is 24.3. The highest BCUT2D eigenvalue weighted by atomic mass is 16.6. The van der Waals surface area contributed by atoms with E-state index in [-0.39, 0.29) is 11.9 Å². The van der Waals surface area contributed by atoms with Crippen molar-refractivity contribution >= 4 is 11.7 Å². The van der Waals surface area contributed by atoms with E-state index in [0.717, 1.165) is 22.6 Å². The van der Waals surface area contributed by atoms with Crippen LogP contribution in [0, 0.1) is 0 Å². The molecule has 1 N–H and O–H groups in total. The van der Waals surface area contributed by atoms with Gasteiger partial charge in [0.25, 0.3) is 0 Å². The number of carbonyl (C=O) groups excluding carboxylic acids is 1. The number of benzene rings is 2. The van der Waals surface area contributed by atoms with Gasteiger partial charge in [-0.3, -0.25) is 0 Å². The first kappa shape index (κ1) is 23.7. The van der Waals surface area contributed by atoms with Crippen molar-refractivity contribution in [2.45, 2.75) is 58.2 Å². The van der Waals surface area contributed by atoms with E-state index in [0.29, 0.717) is 12.3 Å². The van der Waals surface area contributed by atoms with Gasteiger partial charge in [0.1, 0.15) is 23.2 Å². The second-order valence-corrected chi connectivity index (χ2v) is 9.07. The Bertz CT molecular complexity index is 1100. The molecule has 0 radical (unpaired) electrons. The number of esters is 1. The summed E-state index contributed by atoms with van der Waals surface area (Å²) in [5.74, 6) is 1.11. The summed E-state index contributed by atoms with van der Waals surface area (Å²) in [5, 5.41) is 3.45. The largest absolute Gasteiger partial charge is 0.497 e. The zero-order valence-electron chi connectivity index (χ0n) is 20.2. The molecular formula is C27H31NO6. The lowest BCUT2D eigenvalue weighted by Gasteiger charge is -2.44. The molecule has 0 spiro atoms. The van der Waals surface area contributed by atoms with E-state index in [1.807, 2.05) is 70.2 Å². The van der Waals surface area contributed by atoms with Crippen LogP contribution in [0.15, 0.2) is 65.3 Å². The average Bonchev–Trinajstić information content (AvgIpc) is 3.35. The number of fused-ring (bicyclic) bond motifs is 1. The van der Waals surface area contributed by atoms with Gasteiger partial charge in [0.2, 0.25) is 5.76 Å². The van der Waals surface area contributed by atoms with Crippen LogP contribution in [-0.2, 0) is 16.0 Å². The molecule has 0 fully saturated rings. The fourth-order valence-corrected chi connectivity index (χ4v) is 4.00. The molecule has 0 saturated heterocycles. The SMILES string of the molecule is COc1ccc(CNc2ccc3c(c2)C(OC(C)C)C(OC(=O)c2ccco2)C(C)(C)O3)cc1. The van der Waals surface area contributed by atoms with Gasteiger partial charge in [-0.25, -0.2) is 4.79 Å². The molecule has 0 amide bonds. The van der Waals surface area contributed by atoms with Crippen molar-refractivity contribution < 1.29 is 28.2 Å². The van der Waals surface area contributed by atoms with E-state index in [1.54, 1.807) is 19.2 Å². The quantitative estimate of drug-likeness (QED) is 0.424. The molecule has 3 aromatic rings. The molecule has 4 rings (SSSR count). The number of hydrogen-bond acceptors (Lipinski definition) is 7. The second-order valence-electron chi connectivity index (χ2n) is 9.07. The van der Waals surface area contributed by atoms with E-state index in [4.69, 9.17) is 23.4 Å². The molecule has 7 nitrogen and oxygen atoms in total. The predicted octanol–water partition coefficient (Wildman–Crippen LogP) is 5.76. The van der Waals surface area contributed by atoms with Crippen molar-refractivity contribution in [3.63, 3.8) is 0 Å². The Balaban J connectivity index is 1.59. The number of ether oxygens (including phenoxy) is 4. The third kappa shape index (κ3) is 5.20. The van der Waals surface area contributed by atoms with Crippen LogP contribution in [0.25, 0.3) is 0 Å². The molecule has 2 aromatic carbocycles. The van der Waals surface area contributed by atoms with Crippen molar-refractivity contribution in [2.75, 3.05) is 12.4 Å². The minimum absolute atomic E-state index is 0.0903. The minimum atomic E-state index is -0.813. The number of methoxy groups -OCH3 is 1. The van der Waals surface area contributed by atoms with Gasteiger partial charge in [0, 0.05) is 17.8 Å². The Kier molecular flexibility index (Phi) is 6.84. The van der Waals surface area contributed by atoms with Crippen LogP contribution in [0.1, 0.15) is 55.5 Å². The van der Waals surface area contributed by atoms with Crippen LogP contribution in [0.2, 0.25) is 0 Å². The van der Waals surface area contributed by atoms with Crippen molar-refractivity contribution in [3.05, 3.63) is 77.7 Å². The standard InChI is InChI=1S/C27H31NO6/c1-17(2)32-24-21-15-19(28-16-18-8-11-20(30-5)12-9-18)10-13-22(21)34-27(3,4)25(24)33-26(29)23-7-6-14-31-23/h6-15,17,24-25,28H,16H2,1-5H3. The predicted molar refractivity (Wildman–Crippen MR) is 128 cm³/mol. The van der Waals surface area contributed by atoms with Crippen LogP contribution < -0.4 is 14.8 Å². The normalized spacial score (nSPS) is 18.6. The molecule has 34 heavy (non-hydrogen) atoms. The Hall–Kier alpha value is -3.45. The summed E-state index contributed by atoms with van der Waals surface area (Å²) in [4.78, 5) is 12.7. The smallest absolute Gasteiger partial charge is 0.374 e. The van der Waals surface area contributed by atoms with Crippen molar-refractivity contribution in [3.8, 4) is 11.5 Å². The summed E-state index contributed by atoms with van der Waals surface area (Å²) in [6.45, 7) is 8.34. The maximum absolute atomic E-state index is 12.7. The lowest BCUT2D eigenvalue weighted by molar-refractivity contribution is -0.152. The monoisotopic (exact) mass is 465 g/mol. The molecule has 0 bridgehead atoms. The topological polar surface area (TPSA) is 79.2 Å². The Morgan fingerprint density at radius 3 is 2.53 bits per heavy atom. The van der Waals surface area contributed by atoms with Gasteiger partial charge < -0.3 is 28.7 Å². The third-order valence-electron chi connectivity index (χ3n) is 5.68. The highest BCUT2D eigenvalue weighted by Gasteiger charge is 2.48. The number of hydrogen-bond donors (Lipinski definition) is 1. The van der Waals surface area contributed by atoms with Crippen LogP contribution in [0.4, 0.5) is 5.69 Å². The molecule has 7 heteroatoms. The van der Waals surface area contributed by atoms with Crippen molar-refractivity contribution in [2.24, 2.45) is 0 Å². The fraction of sp³-hybridized carbons (Fsp3) is 0.370. The first-order valence-corrected chi connectivity index (χ1v) is 11.4. The van der Waals surface area contributed by atoms with E-state index < -0.39 is 23.8 Å². The Labute approximate surface area is 200 Å². The fourth-order valence-electron chi connectivity index (χ4n) is 4.00. The summed E-state index contributed by atoms with van der Waals surface area (Å²) in [6.07, 6.45) is 0.154. The number of carbonyl (C=O) groups is 1. The van der Waals surface area contributed by atoms with E-state index in [9.17, 15) is 4.79 Å². The number of anilines is 1. The Morgan fingerprint density at radius 2 is 1.88 bits per heavy atom. The maximum Gasteiger partial charge on any atom is 0.374 e. The summed E-state index contributed by atoms with van der Waals surface area (Å²) >= 11 is 0. The van der Waals surface area contributed by atoms with Crippen LogP contribution >= 0.6 is 0 Å². The molecule has 2 atom stereocenters. The van der Waals surface area contributed by atoms with E-state index in [1.165, 1.54) is 6.26 Å². The maximum atomic E-state index is 12.7. The van der Waals surface area contributed by atoms with Gasteiger partial charge in [-0.05, 0) is 75.7 Å². The average molecular weight is 466 g/mol. The first-order valence-electron chi connectivity index (χ1n) is 11.4. The molecular weight excluding hydrogens is 434 g/mol. The van der Waals surface area contributed by atoms with Crippen LogP contribution in [0.3, 0.4) is 0 Å². The van der Waals surface area contributed by atoms with E-state index >= 15 is 0 Å². The van der Waals surface area contributed by atoms with Gasteiger partial charge in [0.05, 0.1) is 19.5 Å². The molecule has 1 aliphatic heterocycles. The molecule has 2 unspecified atom stereocenters. The van der Waals surface area contributed by atoms with Gasteiger partial charge in [-0.1, -0.05) is 12.1 Å². The number of furan rings is 1.